The van der Waals surface area contributed by atoms with Gasteiger partial charge in [-0.1, -0.05) is 69.2 Å². The second-order valence-electron chi connectivity index (χ2n) is 5.35. The van der Waals surface area contributed by atoms with E-state index in [0.29, 0.717) is 0 Å². The molecule has 2 aromatic rings. The molecule has 19 heavy (non-hydrogen) atoms. The zero-order chi connectivity index (χ0) is 13.7. The third-order valence-corrected chi connectivity index (χ3v) is 10.2. The molecule has 0 saturated heterocycles. The van der Waals surface area contributed by atoms with E-state index in [4.69, 9.17) is 0 Å². The van der Waals surface area contributed by atoms with Gasteiger partial charge in [0.15, 0.2) is 0 Å². The lowest BCUT2D eigenvalue weighted by molar-refractivity contribution is 0.821. The highest BCUT2D eigenvalue weighted by Gasteiger charge is 2.31. The van der Waals surface area contributed by atoms with E-state index in [1.54, 1.807) is 5.32 Å². The Morgan fingerprint density at radius 3 is 2.05 bits per heavy atom. The molecule has 0 N–H and O–H groups in total. The van der Waals surface area contributed by atoms with Crippen molar-refractivity contribution in [2.24, 2.45) is 0 Å². The van der Waals surface area contributed by atoms with E-state index in [9.17, 15) is 0 Å². The van der Waals surface area contributed by atoms with Gasteiger partial charge in [-0.3, -0.25) is 0 Å². The van der Waals surface area contributed by atoms with E-state index in [2.05, 4.69) is 74.0 Å². The molecule has 0 aliphatic heterocycles. The SMILES string of the molecule is CC[Si](CC)(CC)c1cccn1Cc1ccccc1. The quantitative estimate of drug-likeness (QED) is 0.692. The van der Waals surface area contributed by atoms with Crippen molar-refractivity contribution in [3.8, 4) is 0 Å². The molecule has 0 fully saturated rings. The molecule has 0 radical (unpaired) electrons. The van der Waals surface area contributed by atoms with Crippen LogP contribution in [0.4, 0.5) is 0 Å². The molecular weight excluding hydrogens is 246 g/mol. The fourth-order valence-electron chi connectivity index (χ4n) is 3.11. The Morgan fingerprint density at radius 1 is 0.842 bits per heavy atom. The molecule has 0 bridgehead atoms. The van der Waals surface area contributed by atoms with Gasteiger partial charge in [-0.05, 0) is 17.7 Å². The van der Waals surface area contributed by atoms with Gasteiger partial charge in [0.25, 0.3) is 0 Å². The van der Waals surface area contributed by atoms with Crippen molar-refractivity contribution in [2.45, 2.75) is 45.4 Å². The monoisotopic (exact) mass is 271 g/mol. The van der Waals surface area contributed by atoms with Crippen molar-refractivity contribution in [3.05, 3.63) is 54.2 Å². The molecule has 2 rings (SSSR count). The van der Waals surface area contributed by atoms with Crippen LogP contribution >= 0.6 is 0 Å². The summed E-state index contributed by atoms with van der Waals surface area (Å²) in [5.41, 5.74) is 1.39. The Hall–Kier alpha value is -1.28. The summed E-state index contributed by atoms with van der Waals surface area (Å²) in [4.78, 5) is 0. The van der Waals surface area contributed by atoms with Gasteiger partial charge < -0.3 is 4.57 Å². The van der Waals surface area contributed by atoms with Crippen molar-refractivity contribution in [3.63, 3.8) is 0 Å². The van der Waals surface area contributed by atoms with Gasteiger partial charge in [-0.2, -0.15) is 0 Å². The van der Waals surface area contributed by atoms with Crippen LogP contribution in [0.25, 0.3) is 0 Å². The van der Waals surface area contributed by atoms with Crippen molar-refractivity contribution in [1.82, 2.24) is 4.57 Å². The van der Waals surface area contributed by atoms with E-state index >= 15 is 0 Å². The lowest BCUT2D eigenvalue weighted by Gasteiger charge is -2.29. The number of hydrogen-bond acceptors (Lipinski definition) is 0. The maximum Gasteiger partial charge on any atom is 0.107 e. The first-order chi connectivity index (χ1) is 9.25. The maximum absolute atomic E-state index is 2.48. The molecule has 2 heteroatoms. The standard InChI is InChI=1S/C17H25NSi/c1-4-19(5-2,6-3)17-13-10-14-18(17)15-16-11-8-7-9-12-16/h7-14H,4-6,15H2,1-3H3. The van der Waals surface area contributed by atoms with E-state index in [0.717, 1.165) is 6.54 Å². The highest BCUT2D eigenvalue weighted by molar-refractivity contribution is 6.91. The summed E-state index contributed by atoms with van der Waals surface area (Å²) in [6.45, 7) is 8.13. The molecule has 0 saturated carbocycles. The number of aromatic nitrogens is 1. The number of rotatable bonds is 6. The van der Waals surface area contributed by atoms with Gasteiger partial charge >= 0.3 is 0 Å². The molecule has 0 spiro atoms. The second kappa shape index (κ2) is 6.24. The summed E-state index contributed by atoms with van der Waals surface area (Å²) in [5.74, 6) is 0. The summed E-state index contributed by atoms with van der Waals surface area (Å²) < 4.78 is 2.48. The summed E-state index contributed by atoms with van der Waals surface area (Å²) in [5, 5.41) is 1.63. The summed E-state index contributed by atoms with van der Waals surface area (Å²) >= 11 is 0. The third-order valence-electron chi connectivity index (χ3n) is 4.60. The minimum absolute atomic E-state index is 1.01. The highest BCUT2D eigenvalue weighted by atomic mass is 28.3. The van der Waals surface area contributed by atoms with Gasteiger partial charge in [0.1, 0.15) is 8.07 Å². The van der Waals surface area contributed by atoms with Crippen LogP contribution in [0.15, 0.2) is 48.7 Å². The predicted molar refractivity (Wildman–Crippen MR) is 86.8 cm³/mol. The first-order valence-electron chi connectivity index (χ1n) is 7.45. The Balaban J connectivity index is 2.32. The van der Waals surface area contributed by atoms with Crippen LogP contribution in [0.5, 0.6) is 0 Å². The molecular formula is C17H25NSi. The summed E-state index contributed by atoms with van der Waals surface area (Å²) in [7, 11) is -1.28. The normalized spacial score (nSPS) is 11.7. The largest absolute Gasteiger partial charge is 0.351 e. The Labute approximate surface area is 118 Å². The van der Waals surface area contributed by atoms with Gasteiger partial charge in [-0.25, -0.2) is 0 Å². The molecule has 0 atom stereocenters. The minimum atomic E-state index is -1.28. The number of nitrogens with zero attached hydrogens (tertiary/aromatic N) is 1. The molecule has 0 aliphatic rings. The van der Waals surface area contributed by atoms with Gasteiger partial charge in [-0.15, -0.1) is 0 Å². The van der Waals surface area contributed by atoms with Crippen LogP contribution in [-0.4, -0.2) is 12.6 Å². The van der Waals surface area contributed by atoms with Gasteiger partial charge in [0.05, 0.1) is 0 Å². The second-order valence-corrected chi connectivity index (χ2v) is 10.5. The van der Waals surface area contributed by atoms with Crippen molar-refractivity contribution in [1.29, 1.82) is 0 Å². The smallest absolute Gasteiger partial charge is 0.107 e. The molecule has 0 unspecified atom stereocenters. The molecule has 1 nitrogen and oxygen atoms in total. The lowest BCUT2D eigenvalue weighted by atomic mass is 10.2. The maximum atomic E-state index is 2.48. The molecule has 1 aromatic carbocycles. The first kappa shape index (κ1) is 14.1. The zero-order valence-electron chi connectivity index (χ0n) is 12.4. The molecule has 1 aromatic heterocycles. The summed E-state index contributed by atoms with van der Waals surface area (Å²) in [6, 6.07) is 19.4. The van der Waals surface area contributed by atoms with E-state index in [1.165, 1.54) is 23.7 Å². The van der Waals surface area contributed by atoms with Crippen LogP contribution < -0.4 is 5.32 Å². The summed E-state index contributed by atoms with van der Waals surface area (Å²) in [6.07, 6.45) is 2.26. The van der Waals surface area contributed by atoms with Crippen LogP contribution in [0.3, 0.4) is 0 Å². The van der Waals surface area contributed by atoms with Crippen LogP contribution in [0.1, 0.15) is 26.3 Å². The molecule has 1 heterocycles. The molecule has 0 aliphatic carbocycles. The average Bonchev–Trinajstić information content (AvgIpc) is 2.92. The lowest BCUT2D eigenvalue weighted by Crippen LogP contribution is -2.49. The Bertz CT molecular complexity index is 489. The average molecular weight is 271 g/mol. The predicted octanol–water partition coefficient (Wildman–Crippen LogP) is 4.25. The van der Waals surface area contributed by atoms with E-state index in [-0.39, 0.29) is 0 Å². The number of benzene rings is 1. The Morgan fingerprint density at radius 2 is 1.47 bits per heavy atom. The molecule has 102 valence electrons. The topological polar surface area (TPSA) is 4.93 Å². The first-order valence-corrected chi connectivity index (χ1v) is 10.1. The zero-order valence-corrected chi connectivity index (χ0v) is 13.4. The van der Waals surface area contributed by atoms with E-state index in [1.807, 2.05) is 0 Å². The molecule has 0 amide bonds. The van der Waals surface area contributed by atoms with Crippen LogP contribution in [0.2, 0.25) is 18.1 Å². The number of hydrogen-bond donors (Lipinski definition) is 0. The minimum Gasteiger partial charge on any atom is -0.351 e. The van der Waals surface area contributed by atoms with Crippen LogP contribution in [-0.2, 0) is 6.54 Å². The van der Waals surface area contributed by atoms with E-state index < -0.39 is 8.07 Å². The van der Waals surface area contributed by atoms with Crippen molar-refractivity contribution in [2.75, 3.05) is 0 Å². The fourth-order valence-corrected chi connectivity index (χ4v) is 6.91. The van der Waals surface area contributed by atoms with Gasteiger partial charge in [0.2, 0.25) is 0 Å². The van der Waals surface area contributed by atoms with Crippen molar-refractivity contribution >= 4 is 13.4 Å². The third kappa shape index (κ3) is 2.84. The highest BCUT2D eigenvalue weighted by Crippen LogP contribution is 2.20. The fraction of sp³-hybridized carbons (Fsp3) is 0.412. The van der Waals surface area contributed by atoms with Crippen molar-refractivity contribution < 1.29 is 0 Å². The van der Waals surface area contributed by atoms with Crippen LogP contribution in [0, 0.1) is 0 Å². The Kier molecular flexibility index (Phi) is 4.64. The van der Waals surface area contributed by atoms with Gasteiger partial charge in [0, 0.05) is 18.1 Å².